The second-order valence-electron chi connectivity index (χ2n) is 9.06. The van der Waals surface area contributed by atoms with E-state index in [-0.39, 0.29) is 23.5 Å². The Hall–Kier alpha value is -3.67. The monoisotopic (exact) mass is 457 g/mol. The number of nitrogens with one attached hydrogen (secondary N) is 1. The molecule has 1 atom stereocenters. The van der Waals surface area contributed by atoms with Crippen LogP contribution >= 0.6 is 0 Å². The predicted molar refractivity (Wildman–Crippen MR) is 130 cm³/mol. The fraction of sp³-hybridized carbons (Fsp3) is 0.286. The second-order valence-corrected chi connectivity index (χ2v) is 9.06. The molecule has 4 aromatic rings. The van der Waals surface area contributed by atoms with Crippen molar-refractivity contribution in [3.8, 4) is 22.7 Å². The van der Waals surface area contributed by atoms with Gasteiger partial charge in [0.05, 0.1) is 18.1 Å². The molecule has 2 aromatic heterocycles. The van der Waals surface area contributed by atoms with Gasteiger partial charge in [-0.05, 0) is 68.7 Å². The highest BCUT2D eigenvalue weighted by atomic mass is 19.1. The lowest BCUT2D eigenvalue weighted by molar-refractivity contribution is 0.0912. The number of hydrogen-bond acceptors (Lipinski definition) is 3. The van der Waals surface area contributed by atoms with Gasteiger partial charge < -0.3 is 14.3 Å². The first-order valence-corrected chi connectivity index (χ1v) is 11.8. The molecule has 1 fully saturated rings. The van der Waals surface area contributed by atoms with E-state index in [4.69, 9.17) is 4.42 Å². The van der Waals surface area contributed by atoms with Gasteiger partial charge in [-0.25, -0.2) is 9.37 Å². The number of aryl methyl sites for hydroxylation is 1. The molecular weight excluding hydrogens is 429 g/mol. The van der Waals surface area contributed by atoms with Crippen molar-refractivity contribution >= 4 is 5.91 Å². The molecule has 0 bridgehead atoms. The van der Waals surface area contributed by atoms with Crippen LogP contribution in [-0.2, 0) is 0 Å². The van der Waals surface area contributed by atoms with E-state index in [0.717, 1.165) is 35.4 Å². The Labute approximate surface area is 198 Å². The number of benzene rings is 2. The summed E-state index contributed by atoms with van der Waals surface area (Å²) in [6.45, 7) is 3.99. The van der Waals surface area contributed by atoms with Crippen molar-refractivity contribution in [2.24, 2.45) is 0 Å². The largest absolute Gasteiger partial charge is 0.449 e. The van der Waals surface area contributed by atoms with E-state index >= 15 is 0 Å². The van der Waals surface area contributed by atoms with Crippen LogP contribution in [0.15, 0.2) is 71.4 Å². The highest BCUT2D eigenvalue weighted by Gasteiger charge is 2.26. The van der Waals surface area contributed by atoms with Gasteiger partial charge in [-0.15, -0.1) is 0 Å². The number of rotatable bonds is 6. The second kappa shape index (κ2) is 9.29. The molecule has 2 aromatic carbocycles. The van der Waals surface area contributed by atoms with Crippen molar-refractivity contribution in [3.63, 3.8) is 0 Å². The molecule has 0 spiro atoms. The molecule has 1 saturated carbocycles. The maximum Gasteiger partial charge on any atom is 0.287 e. The van der Waals surface area contributed by atoms with Gasteiger partial charge in [-0.1, -0.05) is 42.7 Å². The van der Waals surface area contributed by atoms with Gasteiger partial charge in [0.1, 0.15) is 11.5 Å². The van der Waals surface area contributed by atoms with Crippen LogP contribution in [0.5, 0.6) is 0 Å². The summed E-state index contributed by atoms with van der Waals surface area (Å²) in [5.41, 5.74) is 4.56. The van der Waals surface area contributed by atoms with Gasteiger partial charge in [-0.2, -0.15) is 0 Å². The van der Waals surface area contributed by atoms with Gasteiger partial charge in [0.15, 0.2) is 11.5 Å². The molecular formula is C28H28FN3O2. The predicted octanol–water partition coefficient (Wildman–Crippen LogP) is 6.86. The van der Waals surface area contributed by atoms with Gasteiger partial charge >= 0.3 is 0 Å². The fourth-order valence-corrected chi connectivity index (χ4v) is 4.68. The Balaban J connectivity index is 1.45. The van der Waals surface area contributed by atoms with E-state index in [9.17, 15) is 9.18 Å². The van der Waals surface area contributed by atoms with E-state index < -0.39 is 0 Å². The summed E-state index contributed by atoms with van der Waals surface area (Å²) in [5, 5.41) is 3.02. The maximum absolute atomic E-state index is 13.5. The Morgan fingerprint density at radius 1 is 1.06 bits per heavy atom. The van der Waals surface area contributed by atoms with Crippen molar-refractivity contribution in [2.45, 2.75) is 51.6 Å². The number of carbonyl (C=O) groups excluding carboxylic acids is 1. The Morgan fingerprint density at radius 2 is 1.76 bits per heavy atom. The molecule has 1 amide bonds. The number of furan rings is 1. The highest BCUT2D eigenvalue weighted by Crippen LogP contribution is 2.39. The van der Waals surface area contributed by atoms with Crippen molar-refractivity contribution in [1.29, 1.82) is 0 Å². The first-order chi connectivity index (χ1) is 16.5. The van der Waals surface area contributed by atoms with Crippen LogP contribution in [0.2, 0.25) is 0 Å². The standard InChI is InChI=1S/C28H28FN3O2/c1-18-7-9-20(10-8-18)19(2)31-28(33)25-16-15-24(34-25)27-26(21-11-13-22(29)14-12-21)30-17-32(27)23-5-3-4-6-23/h7-17,19,23H,3-6H2,1-2H3,(H,31,33)/t19-/m0/s1. The fourth-order valence-electron chi connectivity index (χ4n) is 4.68. The number of halogens is 1. The molecule has 0 radical (unpaired) electrons. The summed E-state index contributed by atoms with van der Waals surface area (Å²) in [7, 11) is 0. The molecule has 2 heterocycles. The van der Waals surface area contributed by atoms with Crippen LogP contribution in [0.25, 0.3) is 22.7 Å². The zero-order valence-electron chi connectivity index (χ0n) is 19.4. The highest BCUT2D eigenvalue weighted by molar-refractivity contribution is 5.92. The van der Waals surface area contributed by atoms with Crippen LogP contribution in [0.4, 0.5) is 4.39 Å². The average Bonchev–Trinajstić information content (AvgIpc) is 3.59. The van der Waals surface area contributed by atoms with Crippen molar-refractivity contribution < 1.29 is 13.6 Å². The summed E-state index contributed by atoms with van der Waals surface area (Å²) >= 11 is 0. The molecule has 34 heavy (non-hydrogen) atoms. The summed E-state index contributed by atoms with van der Waals surface area (Å²) in [6, 6.07) is 18.1. The van der Waals surface area contributed by atoms with E-state index in [1.165, 1.54) is 30.5 Å². The topological polar surface area (TPSA) is 60.1 Å². The summed E-state index contributed by atoms with van der Waals surface area (Å²) in [4.78, 5) is 17.6. The quantitative estimate of drug-likeness (QED) is 0.344. The maximum atomic E-state index is 13.5. The molecule has 174 valence electrons. The van der Waals surface area contributed by atoms with Crippen molar-refractivity contribution in [3.05, 3.63) is 89.7 Å². The average molecular weight is 458 g/mol. The third kappa shape index (κ3) is 4.40. The molecule has 0 saturated heterocycles. The van der Waals surface area contributed by atoms with Gasteiger partial charge in [0, 0.05) is 11.6 Å². The summed E-state index contributed by atoms with van der Waals surface area (Å²) in [5.74, 6) is 0.268. The Bertz CT molecular complexity index is 1280. The first-order valence-electron chi connectivity index (χ1n) is 11.8. The number of aromatic nitrogens is 2. The summed E-state index contributed by atoms with van der Waals surface area (Å²) in [6.07, 6.45) is 6.35. The van der Waals surface area contributed by atoms with E-state index in [2.05, 4.69) is 14.9 Å². The molecule has 0 unspecified atom stereocenters. The van der Waals surface area contributed by atoms with Crippen LogP contribution in [0.3, 0.4) is 0 Å². The smallest absolute Gasteiger partial charge is 0.287 e. The van der Waals surface area contributed by atoms with Gasteiger partial charge in [0.25, 0.3) is 5.91 Å². The lowest BCUT2D eigenvalue weighted by Crippen LogP contribution is -2.26. The van der Waals surface area contributed by atoms with Crippen LogP contribution in [0.1, 0.15) is 66.4 Å². The number of nitrogens with zero attached hydrogens (tertiary/aromatic N) is 2. The van der Waals surface area contributed by atoms with E-state index in [0.29, 0.717) is 11.8 Å². The van der Waals surface area contributed by atoms with E-state index in [1.54, 1.807) is 18.2 Å². The zero-order valence-corrected chi connectivity index (χ0v) is 19.4. The lowest BCUT2D eigenvalue weighted by atomic mass is 10.1. The Morgan fingerprint density at radius 3 is 2.47 bits per heavy atom. The minimum atomic E-state index is -0.292. The van der Waals surface area contributed by atoms with Crippen LogP contribution in [0, 0.1) is 12.7 Å². The first kappa shape index (κ1) is 22.1. The Kier molecular flexibility index (Phi) is 6.05. The van der Waals surface area contributed by atoms with E-state index in [1.807, 2.05) is 50.5 Å². The molecule has 6 heteroatoms. The summed E-state index contributed by atoms with van der Waals surface area (Å²) < 4.78 is 21.8. The normalized spacial score (nSPS) is 14.9. The van der Waals surface area contributed by atoms with Gasteiger partial charge in [0.2, 0.25) is 0 Å². The molecule has 0 aliphatic heterocycles. The zero-order chi connectivity index (χ0) is 23.7. The van der Waals surface area contributed by atoms with Gasteiger partial charge in [-0.3, -0.25) is 4.79 Å². The minimum absolute atomic E-state index is 0.152. The SMILES string of the molecule is Cc1ccc([C@H](C)NC(=O)c2ccc(-c3c(-c4ccc(F)cc4)ncn3C3CCCC3)o2)cc1. The lowest BCUT2D eigenvalue weighted by Gasteiger charge is -2.15. The number of amides is 1. The minimum Gasteiger partial charge on any atom is -0.449 e. The molecule has 1 aliphatic carbocycles. The number of imidazole rings is 1. The number of hydrogen-bond donors (Lipinski definition) is 1. The molecule has 5 rings (SSSR count). The molecule has 1 N–H and O–H groups in total. The van der Waals surface area contributed by atoms with Crippen molar-refractivity contribution in [1.82, 2.24) is 14.9 Å². The van der Waals surface area contributed by atoms with Crippen molar-refractivity contribution in [2.75, 3.05) is 0 Å². The molecule has 1 aliphatic rings. The third-order valence-electron chi connectivity index (χ3n) is 6.62. The van der Waals surface area contributed by atoms with Crippen LogP contribution in [-0.4, -0.2) is 15.5 Å². The number of carbonyl (C=O) groups is 1. The molecule has 5 nitrogen and oxygen atoms in total. The third-order valence-corrected chi connectivity index (χ3v) is 6.62. The van der Waals surface area contributed by atoms with Crippen LogP contribution < -0.4 is 5.32 Å².